The van der Waals surface area contributed by atoms with Crippen molar-refractivity contribution in [3.8, 4) is 11.3 Å². The molecular formula is C26H24Cl2N2O5. The number of morpholine rings is 1. The summed E-state index contributed by atoms with van der Waals surface area (Å²) in [5.74, 6) is 0.228. The SMILES string of the molecule is CCOC(=O)c1cc(NC(=O)/C=C/c2ccc(-c3ccc(Cl)cc3Cl)o2)ccc1N1CCOCC1. The van der Waals surface area contributed by atoms with Crippen LogP contribution >= 0.6 is 23.2 Å². The summed E-state index contributed by atoms with van der Waals surface area (Å²) in [5.41, 5.74) is 2.33. The van der Waals surface area contributed by atoms with E-state index in [1.807, 2.05) is 6.07 Å². The number of nitrogens with zero attached hydrogens (tertiary/aromatic N) is 1. The van der Waals surface area contributed by atoms with Crippen LogP contribution in [0.2, 0.25) is 10.0 Å². The zero-order valence-corrected chi connectivity index (χ0v) is 20.6. The quantitative estimate of drug-likeness (QED) is 0.311. The number of anilines is 2. The van der Waals surface area contributed by atoms with E-state index in [2.05, 4.69) is 10.2 Å². The highest BCUT2D eigenvalue weighted by Crippen LogP contribution is 2.32. The van der Waals surface area contributed by atoms with Crippen LogP contribution in [0.15, 0.2) is 59.0 Å². The first kappa shape index (κ1) is 24.9. The van der Waals surface area contributed by atoms with Crippen LogP contribution in [0.4, 0.5) is 11.4 Å². The molecule has 0 radical (unpaired) electrons. The molecule has 0 spiro atoms. The fourth-order valence-corrected chi connectivity index (χ4v) is 4.19. The second-order valence-corrected chi connectivity index (χ2v) is 8.54. The Morgan fingerprint density at radius 3 is 2.63 bits per heavy atom. The number of hydrogen-bond donors (Lipinski definition) is 1. The Morgan fingerprint density at radius 1 is 1.09 bits per heavy atom. The third-order valence-electron chi connectivity index (χ3n) is 5.33. The van der Waals surface area contributed by atoms with E-state index in [-0.39, 0.29) is 12.5 Å². The molecule has 1 saturated heterocycles. The number of ether oxygens (including phenoxy) is 2. The van der Waals surface area contributed by atoms with Gasteiger partial charge in [-0.05, 0) is 61.5 Å². The molecule has 0 atom stereocenters. The van der Waals surface area contributed by atoms with Crippen LogP contribution in [-0.4, -0.2) is 44.8 Å². The van der Waals surface area contributed by atoms with Gasteiger partial charge >= 0.3 is 5.97 Å². The van der Waals surface area contributed by atoms with Gasteiger partial charge in [-0.1, -0.05) is 23.2 Å². The van der Waals surface area contributed by atoms with E-state index in [1.54, 1.807) is 55.5 Å². The van der Waals surface area contributed by atoms with Gasteiger partial charge in [0.2, 0.25) is 5.91 Å². The molecule has 1 aromatic heterocycles. The average molecular weight is 515 g/mol. The molecule has 0 bridgehead atoms. The lowest BCUT2D eigenvalue weighted by Crippen LogP contribution is -2.37. The number of benzene rings is 2. The van der Waals surface area contributed by atoms with Gasteiger partial charge in [-0.15, -0.1) is 0 Å². The highest BCUT2D eigenvalue weighted by Gasteiger charge is 2.20. The number of halogens is 2. The van der Waals surface area contributed by atoms with Crippen LogP contribution in [0.5, 0.6) is 0 Å². The standard InChI is InChI=1S/C26H24Cl2N2O5/c1-2-34-26(32)21-16-18(4-8-23(21)30-11-13-33-14-12-30)29-25(31)10-6-19-5-9-24(35-19)20-7-3-17(27)15-22(20)28/h3-10,15-16H,2,11-14H2,1H3,(H,29,31)/b10-6+. The van der Waals surface area contributed by atoms with Crippen LogP contribution < -0.4 is 10.2 Å². The number of esters is 1. The van der Waals surface area contributed by atoms with E-state index in [0.717, 1.165) is 5.69 Å². The van der Waals surface area contributed by atoms with Crippen LogP contribution in [0.3, 0.4) is 0 Å². The lowest BCUT2D eigenvalue weighted by molar-refractivity contribution is -0.111. The third kappa shape index (κ3) is 6.25. The van der Waals surface area contributed by atoms with E-state index in [9.17, 15) is 9.59 Å². The first-order valence-corrected chi connectivity index (χ1v) is 11.9. The maximum absolute atomic E-state index is 12.6. The van der Waals surface area contributed by atoms with E-state index >= 15 is 0 Å². The summed E-state index contributed by atoms with van der Waals surface area (Å²) >= 11 is 12.2. The van der Waals surface area contributed by atoms with Crippen LogP contribution in [0.25, 0.3) is 17.4 Å². The molecule has 1 fully saturated rings. The Morgan fingerprint density at radius 2 is 1.89 bits per heavy atom. The molecule has 1 aliphatic heterocycles. The molecule has 4 rings (SSSR count). The Kier molecular flexibility index (Phi) is 8.13. The monoisotopic (exact) mass is 514 g/mol. The number of nitrogens with one attached hydrogen (secondary N) is 1. The number of hydrogen-bond acceptors (Lipinski definition) is 6. The van der Waals surface area contributed by atoms with Crippen molar-refractivity contribution in [1.29, 1.82) is 0 Å². The largest absolute Gasteiger partial charge is 0.462 e. The molecular weight excluding hydrogens is 491 g/mol. The van der Waals surface area contributed by atoms with Crippen molar-refractivity contribution in [2.45, 2.75) is 6.92 Å². The molecule has 9 heteroatoms. The van der Waals surface area contributed by atoms with Gasteiger partial charge in [0.25, 0.3) is 0 Å². The summed E-state index contributed by atoms with van der Waals surface area (Å²) in [4.78, 5) is 27.2. The minimum absolute atomic E-state index is 0.257. The first-order valence-electron chi connectivity index (χ1n) is 11.1. The molecule has 182 valence electrons. The molecule has 0 saturated carbocycles. The predicted octanol–water partition coefficient (Wildman–Crippen LogP) is 5.92. The molecule has 0 aliphatic carbocycles. The molecule has 2 heterocycles. The third-order valence-corrected chi connectivity index (χ3v) is 5.88. The topological polar surface area (TPSA) is 81.0 Å². The number of furan rings is 1. The second-order valence-electron chi connectivity index (χ2n) is 7.70. The summed E-state index contributed by atoms with van der Waals surface area (Å²) in [7, 11) is 0. The fourth-order valence-electron chi connectivity index (χ4n) is 3.68. The van der Waals surface area contributed by atoms with Gasteiger partial charge in [0.1, 0.15) is 11.5 Å². The van der Waals surface area contributed by atoms with Gasteiger partial charge in [0.05, 0.1) is 36.1 Å². The van der Waals surface area contributed by atoms with Crippen LogP contribution in [0.1, 0.15) is 23.0 Å². The highest BCUT2D eigenvalue weighted by molar-refractivity contribution is 6.36. The normalized spacial score (nSPS) is 13.7. The van der Waals surface area contributed by atoms with Crippen molar-refractivity contribution in [2.75, 3.05) is 43.1 Å². The van der Waals surface area contributed by atoms with Gasteiger partial charge in [-0.3, -0.25) is 4.79 Å². The number of carbonyl (C=O) groups excluding carboxylic acids is 2. The number of amides is 1. The maximum atomic E-state index is 12.6. The summed E-state index contributed by atoms with van der Waals surface area (Å²) in [6, 6.07) is 13.8. The molecule has 3 aromatic rings. The zero-order chi connectivity index (χ0) is 24.8. The minimum atomic E-state index is -0.440. The summed E-state index contributed by atoms with van der Waals surface area (Å²) in [6.45, 7) is 4.53. The molecule has 1 amide bonds. The van der Waals surface area contributed by atoms with Crippen molar-refractivity contribution >= 4 is 52.5 Å². The van der Waals surface area contributed by atoms with Gasteiger partial charge in [0, 0.05) is 35.4 Å². The van der Waals surface area contributed by atoms with Gasteiger partial charge in [0.15, 0.2) is 0 Å². The summed E-state index contributed by atoms with van der Waals surface area (Å²) in [5, 5.41) is 3.78. The lowest BCUT2D eigenvalue weighted by Gasteiger charge is -2.30. The Hall–Kier alpha value is -3.26. The zero-order valence-electron chi connectivity index (χ0n) is 19.1. The van der Waals surface area contributed by atoms with Crippen molar-refractivity contribution in [2.24, 2.45) is 0 Å². The predicted molar refractivity (Wildman–Crippen MR) is 137 cm³/mol. The maximum Gasteiger partial charge on any atom is 0.340 e. The average Bonchev–Trinajstić information content (AvgIpc) is 3.32. The minimum Gasteiger partial charge on any atom is -0.462 e. The molecule has 0 unspecified atom stereocenters. The molecule has 1 aliphatic rings. The van der Waals surface area contributed by atoms with Crippen molar-refractivity contribution in [1.82, 2.24) is 0 Å². The van der Waals surface area contributed by atoms with Crippen LogP contribution in [-0.2, 0) is 14.3 Å². The van der Waals surface area contributed by atoms with Gasteiger partial charge in [-0.2, -0.15) is 0 Å². The molecule has 7 nitrogen and oxygen atoms in total. The fraction of sp³-hybridized carbons (Fsp3) is 0.231. The second kappa shape index (κ2) is 11.4. The van der Waals surface area contributed by atoms with E-state index in [4.69, 9.17) is 37.1 Å². The van der Waals surface area contributed by atoms with E-state index < -0.39 is 5.97 Å². The molecule has 35 heavy (non-hydrogen) atoms. The molecule has 2 aromatic carbocycles. The number of rotatable bonds is 7. The Labute approximate surface area is 213 Å². The smallest absolute Gasteiger partial charge is 0.340 e. The van der Waals surface area contributed by atoms with E-state index in [0.29, 0.717) is 64.7 Å². The number of carbonyl (C=O) groups is 2. The molecule has 1 N–H and O–H groups in total. The van der Waals surface area contributed by atoms with Crippen molar-refractivity contribution < 1.29 is 23.5 Å². The summed E-state index contributed by atoms with van der Waals surface area (Å²) in [6.07, 6.45) is 2.91. The van der Waals surface area contributed by atoms with Gasteiger partial charge < -0.3 is 24.1 Å². The van der Waals surface area contributed by atoms with Gasteiger partial charge in [-0.25, -0.2) is 4.79 Å². The summed E-state index contributed by atoms with van der Waals surface area (Å²) < 4.78 is 16.4. The lowest BCUT2D eigenvalue weighted by atomic mass is 10.1. The van der Waals surface area contributed by atoms with Crippen molar-refractivity contribution in [3.05, 3.63) is 76.0 Å². The Balaban J connectivity index is 1.47. The highest BCUT2D eigenvalue weighted by atomic mass is 35.5. The van der Waals surface area contributed by atoms with Crippen LogP contribution in [0, 0.1) is 0 Å². The van der Waals surface area contributed by atoms with E-state index in [1.165, 1.54) is 6.08 Å². The first-order chi connectivity index (χ1) is 16.9. The van der Waals surface area contributed by atoms with Crippen molar-refractivity contribution in [3.63, 3.8) is 0 Å². The Bertz CT molecular complexity index is 1250.